The Morgan fingerprint density at radius 3 is 2.52 bits per heavy atom. The molecule has 1 saturated carbocycles. The summed E-state index contributed by atoms with van der Waals surface area (Å²) in [7, 11) is 0. The fraction of sp³-hybridized carbons (Fsp3) is 0.867. The number of ether oxygens (including phenoxy) is 1. The van der Waals surface area contributed by atoms with E-state index >= 15 is 0 Å². The molecule has 2 atom stereocenters. The van der Waals surface area contributed by atoms with E-state index in [9.17, 15) is 14.7 Å². The summed E-state index contributed by atoms with van der Waals surface area (Å²) in [5.74, 6) is -0.775. The van der Waals surface area contributed by atoms with Crippen LogP contribution in [0.2, 0.25) is 0 Å². The number of carbonyl (C=O) groups excluding carboxylic acids is 1. The van der Waals surface area contributed by atoms with Crippen LogP contribution >= 0.6 is 0 Å². The SMILES string of the molecule is CC(CN(C=O)OC1CCCCO1)(C(=O)O)C1CCCC1. The molecule has 0 aromatic carbocycles. The number of carboxylic acids is 1. The highest BCUT2D eigenvalue weighted by atomic mass is 16.8. The lowest BCUT2D eigenvalue weighted by Gasteiger charge is -2.36. The van der Waals surface area contributed by atoms with Crippen molar-refractivity contribution in [2.45, 2.75) is 58.2 Å². The van der Waals surface area contributed by atoms with Crippen LogP contribution < -0.4 is 0 Å². The summed E-state index contributed by atoms with van der Waals surface area (Å²) in [5.41, 5.74) is -0.966. The Kier molecular flexibility index (Phi) is 5.58. The Morgan fingerprint density at radius 2 is 2.00 bits per heavy atom. The number of aliphatic carboxylic acids is 1. The van der Waals surface area contributed by atoms with E-state index in [1.807, 2.05) is 0 Å². The maximum absolute atomic E-state index is 11.7. The number of carboxylic acid groups (broad SMARTS) is 1. The number of hydroxylamine groups is 2. The van der Waals surface area contributed by atoms with Crippen LogP contribution in [0.4, 0.5) is 0 Å². The first-order valence-corrected chi connectivity index (χ1v) is 7.80. The van der Waals surface area contributed by atoms with E-state index in [1.165, 1.54) is 0 Å². The first-order chi connectivity index (χ1) is 10.1. The number of amides is 1. The molecule has 0 radical (unpaired) electrons. The third-order valence-electron chi connectivity index (χ3n) is 4.74. The molecule has 6 nitrogen and oxygen atoms in total. The third kappa shape index (κ3) is 3.95. The number of rotatable bonds is 7. The van der Waals surface area contributed by atoms with Gasteiger partial charge in [0.05, 0.1) is 12.0 Å². The monoisotopic (exact) mass is 299 g/mol. The van der Waals surface area contributed by atoms with Gasteiger partial charge in [-0.25, -0.2) is 9.90 Å². The standard InChI is InChI=1S/C15H25NO5/c1-15(14(18)19,12-6-2-3-7-12)10-16(11-17)21-13-8-4-5-9-20-13/h11-13H,2-10H2,1H3,(H,18,19). The molecule has 21 heavy (non-hydrogen) atoms. The number of carbonyl (C=O) groups is 2. The fourth-order valence-electron chi connectivity index (χ4n) is 3.30. The number of hydrogen-bond donors (Lipinski definition) is 1. The molecule has 0 bridgehead atoms. The van der Waals surface area contributed by atoms with Gasteiger partial charge in [0.1, 0.15) is 0 Å². The molecule has 0 aromatic rings. The molecule has 2 unspecified atom stereocenters. The van der Waals surface area contributed by atoms with Crippen molar-refractivity contribution in [3.63, 3.8) is 0 Å². The van der Waals surface area contributed by atoms with E-state index in [0.717, 1.165) is 50.0 Å². The Morgan fingerprint density at radius 1 is 1.33 bits per heavy atom. The highest BCUT2D eigenvalue weighted by Crippen LogP contribution is 2.40. The molecule has 0 spiro atoms. The van der Waals surface area contributed by atoms with Gasteiger partial charge in [-0.3, -0.25) is 9.59 Å². The number of hydrogen-bond acceptors (Lipinski definition) is 4. The Hall–Kier alpha value is -1.14. The van der Waals surface area contributed by atoms with Gasteiger partial charge >= 0.3 is 5.97 Å². The molecule has 2 aliphatic rings. The van der Waals surface area contributed by atoms with Crippen LogP contribution in [-0.4, -0.2) is 42.0 Å². The molecule has 1 aliphatic carbocycles. The summed E-state index contributed by atoms with van der Waals surface area (Å²) < 4.78 is 5.44. The minimum atomic E-state index is -0.966. The van der Waals surface area contributed by atoms with Gasteiger partial charge in [-0.1, -0.05) is 12.8 Å². The molecule has 6 heteroatoms. The van der Waals surface area contributed by atoms with Crippen LogP contribution in [0, 0.1) is 11.3 Å². The van der Waals surface area contributed by atoms with Crippen molar-refractivity contribution < 1.29 is 24.3 Å². The largest absolute Gasteiger partial charge is 0.481 e. The average molecular weight is 299 g/mol. The van der Waals surface area contributed by atoms with Crippen molar-refractivity contribution in [2.24, 2.45) is 11.3 Å². The summed E-state index contributed by atoms with van der Waals surface area (Å²) in [4.78, 5) is 28.5. The van der Waals surface area contributed by atoms with Gasteiger partial charge in [-0.15, -0.1) is 0 Å². The third-order valence-corrected chi connectivity index (χ3v) is 4.74. The first-order valence-electron chi connectivity index (χ1n) is 7.80. The molecule has 1 N–H and O–H groups in total. The van der Waals surface area contributed by atoms with E-state index in [0.29, 0.717) is 13.0 Å². The highest BCUT2D eigenvalue weighted by Gasteiger charge is 2.44. The zero-order chi connectivity index (χ0) is 15.3. The molecule has 1 heterocycles. The second kappa shape index (κ2) is 7.22. The fourth-order valence-corrected chi connectivity index (χ4v) is 3.30. The number of nitrogens with zero attached hydrogens (tertiary/aromatic N) is 1. The summed E-state index contributed by atoms with van der Waals surface area (Å²) in [6, 6.07) is 0. The van der Waals surface area contributed by atoms with Gasteiger partial charge in [0, 0.05) is 13.0 Å². The molecular formula is C15H25NO5. The van der Waals surface area contributed by atoms with E-state index < -0.39 is 17.7 Å². The second-order valence-electron chi connectivity index (χ2n) is 6.29. The van der Waals surface area contributed by atoms with Crippen LogP contribution in [0.25, 0.3) is 0 Å². The maximum atomic E-state index is 11.7. The van der Waals surface area contributed by atoms with Crippen LogP contribution in [-0.2, 0) is 19.2 Å². The second-order valence-corrected chi connectivity index (χ2v) is 6.29. The predicted octanol–water partition coefficient (Wildman–Crippen LogP) is 2.18. The van der Waals surface area contributed by atoms with E-state index in [1.54, 1.807) is 6.92 Å². The van der Waals surface area contributed by atoms with Crippen LogP contribution in [0.3, 0.4) is 0 Å². The topological polar surface area (TPSA) is 76.1 Å². The van der Waals surface area contributed by atoms with Gasteiger partial charge in [0.25, 0.3) is 0 Å². The lowest BCUT2D eigenvalue weighted by molar-refractivity contribution is -0.280. The van der Waals surface area contributed by atoms with E-state index in [2.05, 4.69) is 0 Å². The summed E-state index contributed by atoms with van der Waals surface area (Å²) in [5, 5.41) is 10.7. The van der Waals surface area contributed by atoms with Crippen molar-refractivity contribution in [3.8, 4) is 0 Å². The first kappa shape index (κ1) is 16.2. The summed E-state index contributed by atoms with van der Waals surface area (Å²) in [6.45, 7) is 2.40. The molecule has 0 aromatic heterocycles. The van der Waals surface area contributed by atoms with Crippen LogP contribution in [0.1, 0.15) is 51.9 Å². The van der Waals surface area contributed by atoms with Gasteiger partial charge in [-0.05, 0) is 38.5 Å². The zero-order valence-corrected chi connectivity index (χ0v) is 12.6. The van der Waals surface area contributed by atoms with Gasteiger partial charge in [0.15, 0.2) is 6.29 Å². The van der Waals surface area contributed by atoms with Crippen molar-refractivity contribution in [1.82, 2.24) is 5.06 Å². The zero-order valence-electron chi connectivity index (χ0n) is 12.6. The quantitative estimate of drug-likeness (QED) is 0.576. The molecule has 2 rings (SSSR count). The summed E-state index contributed by atoms with van der Waals surface area (Å²) in [6.07, 6.45) is 6.76. The normalized spacial score (nSPS) is 26.2. The molecule has 1 aliphatic heterocycles. The summed E-state index contributed by atoms with van der Waals surface area (Å²) >= 11 is 0. The molecule has 1 amide bonds. The minimum absolute atomic E-state index is 0.0658. The van der Waals surface area contributed by atoms with Gasteiger partial charge < -0.3 is 9.84 Å². The molecule has 1 saturated heterocycles. The van der Waals surface area contributed by atoms with Gasteiger partial charge in [0.2, 0.25) is 6.41 Å². The average Bonchev–Trinajstić information content (AvgIpc) is 3.02. The lowest BCUT2D eigenvalue weighted by atomic mass is 9.76. The Balaban J connectivity index is 1.99. The molecule has 120 valence electrons. The Bertz CT molecular complexity index is 363. The van der Waals surface area contributed by atoms with Crippen LogP contribution in [0.15, 0.2) is 0 Å². The maximum Gasteiger partial charge on any atom is 0.311 e. The van der Waals surface area contributed by atoms with Crippen molar-refractivity contribution in [2.75, 3.05) is 13.2 Å². The molecule has 2 fully saturated rings. The highest BCUT2D eigenvalue weighted by molar-refractivity contribution is 5.75. The van der Waals surface area contributed by atoms with Crippen molar-refractivity contribution in [1.29, 1.82) is 0 Å². The predicted molar refractivity (Wildman–Crippen MR) is 75.1 cm³/mol. The minimum Gasteiger partial charge on any atom is -0.481 e. The van der Waals surface area contributed by atoms with E-state index in [4.69, 9.17) is 9.57 Å². The Labute approximate surface area is 125 Å². The van der Waals surface area contributed by atoms with Crippen LogP contribution in [0.5, 0.6) is 0 Å². The van der Waals surface area contributed by atoms with Gasteiger partial charge in [-0.2, -0.15) is 0 Å². The van der Waals surface area contributed by atoms with Crippen molar-refractivity contribution >= 4 is 12.4 Å². The lowest BCUT2D eigenvalue weighted by Crippen LogP contribution is -2.46. The van der Waals surface area contributed by atoms with Crippen molar-refractivity contribution in [3.05, 3.63) is 0 Å². The smallest absolute Gasteiger partial charge is 0.311 e. The molecular weight excluding hydrogens is 274 g/mol. The van der Waals surface area contributed by atoms with E-state index in [-0.39, 0.29) is 12.5 Å².